The van der Waals surface area contributed by atoms with Gasteiger partial charge in [-0.3, -0.25) is 0 Å². The van der Waals surface area contributed by atoms with E-state index in [2.05, 4.69) is 31.6 Å². The van der Waals surface area contributed by atoms with E-state index in [1.54, 1.807) is 0 Å². The lowest BCUT2D eigenvalue weighted by Crippen LogP contribution is -1.83. The number of halogens is 5. The minimum Gasteiger partial charge on any atom is -0.306 e. The van der Waals surface area contributed by atoms with Crippen molar-refractivity contribution in [2.75, 3.05) is 21.3 Å². The summed E-state index contributed by atoms with van der Waals surface area (Å²) >= 11 is 0. The van der Waals surface area contributed by atoms with E-state index in [1.165, 1.54) is 0 Å². The highest BCUT2D eigenvalue weighted by atomic mass is 31.3. The summed E-state index contributed by atoms with van der Waals surface area (Å²) in [5.74, 6) is 0. The zero-order valence-electron chi connectivity index (χ0n) is 9.69. The van der Waals surface area contributed by atoms with Crippen LogP contribution in [0.4, 0.5) is 21.0 Å². The van der Waals surface area contributed by atoms with Crippen molar-refractivity contribution >= 4 is 31.1 Å². The van der Waals surface area contributed by atoms with Gasteiger partial charge in [-0.05, 0) is 0 Å². The van der Waals surface area contributed by atoms with Crippen molar-refractivity contribution in [3.05, 3.63) is 0 Å². The summed E-state index contributed by atoms with van der Waals surface area (Å²) in [6.45, 7) is 0. The first kappa shape index (κ1) is 17.5. The van der Waals surface area contributed by atoms with Crippen LogP contribution in [0, 0.1) is 0 Å². The van der Waals surface area contributed by atoms with E-state index in [9.17, 15) is 21.0 Å². The molecule has 0 bridgehead atoms. The molecule has 0 saturated carbocycles. The maximum atomic E-state index is 14.0. The molecule has 3 unspecified atom stereocenters. The van der Waals surface area contributed by atoms with Crippen LogP contribution in [0.5, 0.6) is 0 Å². The predicted octanol–water partition coefficient (Wildman–Crippen LogP) is 6.57. The molecule has 0 amide bonds. The van der Waals surface area contributed by atoms with Gasteiger partial charge in [0.1, 0.15) is 0 Å². The van der Waals surface area contributed by atoms with Crippen molar-refractivity contribution in [1.82, 2.24) is 0 Å². The minimum absolute atomic E-state index is 0.663. The van der Waals surface area contributed by atoms with Crippen LogP contribution in [-0.2, 0) is 13.6 Å². The molecule has 19 heavy (non-hydrogen) atoms. The van der Waals surface area contributed by atoms with Crippen LogP contribution in [0.3, 0.4) is 0 Å². The van der Waals surface area contributed by atoms with Crippen LogP contribution in [0.1, 0.15) is 0 Å². The molecule has 1 rings (SSSR count). The van der Waals surface area contributed by atoms with Gasteiger partial charge in [0, 0.05) is 21.3 Å². The molecular weight excluding hydrogens is 359 g/mol. The molecule has 0 aromatic carbocycles. The van der Waals surface area contributed by atoms with Gasteiger partial charge < -0.3 is 13.6 Å². The number of hydrogen-bond acceptors (Lipinski definition) is 7. The van der Waals surface area contributed by atoms with Crippen molar-refractivity contribution in [1.29, 1.82) is 0 Å². The van der Waals surface area contributed by atoms with Gasteiger partial charge in [-0.1, -0.05) is 0 Å². The lowest BCUT2D eigenvalue weighted by molar-refractivity contribution is 0.401. The quantitative estimate of drug-likeness (QED) is 0.417. The third-order valence-corrected chi connectivity index (χ3v) is 9.99. The Kier molecular flexibility index (Phi) is 5.23. The molecule has 3 atom stereocenters. The lowest BCUT2D eigenvalue weighted by Gasteiger charge is -2.18. The summed E-state index contributed by atoms with van der Waals surface area (Å²) in [5, 5.41) is 0. The van der Waals surface area contributed by atoms with Crippen molar-refractivity contribution < 1.29 is 34.6 Å². The Morgan fingerprint density at radius 1 is 0.579 bits per heavy atom. The second-order valence-corrected chi connectivity index (χ2v) is 10.5. The Hall–Kier alpha value is 0.450. The van der Waals surface area contributed by atoms with Crippen LogP contribution < -0.4 is 0 Å². The van der Waals surface area contributed by atoms with Gasteiger partial charge in [-0.25, -0.2) is 0 Å². The molecule has 0 aromatic rings. The molecule has 0 N–H and O–H groups in total. The standard InChI is InChI=1S/C3H9F5N4O3P4/c1-13-17(6)9-16(4,5)10-18(7,14-2)12-19(8,11-17)15-3/h1-3H3. The normalized spacial score (nSPS) is 41.9. The molecule has 114 valence electrons. The Morgan fingerprint density at radius 3 is 1.26 bits per heavy atom. The fraction of sp³-hybridized carbons (Fsp3) is 1.00. The average Bonchev–Trinajstić information content (AvgIpc) is 2.25. The highest BCUT2D eigenvalue weighted by molar-refractivity contribution is 7.78. The van der Waals surface area contributed by atoms with Crippen molar-refractivity contribution in [2.24, 2.45) is 18.1 Å². The van der Waals surface area contributed by atoms with Crippen LogP contribution in [0.2, 0.25) is 0 Å². The Labute approximate surface area is 106 Å². The molecule has 0 aromatic heterocycles. The van der Waals surface area contributed by atoms with Gasteiger partial charge in [-0.2, -0.15) is 12.6 Å². The van der Waals surface area contributed by atoms with Gasteiger partial charge in [0.15, 0.2) is 0 Å². The molecular formula is C3H9F5N4O3P4. The smallest absolute Gasteiger partial charge is 0.306 e. The maximum absolute atomic E-state index is 14.0. The van der Waals surface area contributed by atoms with E-state index < -0.39 is 31.1 Å². The van der Waals surface area contributed by atoms with E-state index in [0.717, 1.165) is 7.11 Å². The summed E-state index contributed by atoms with van der Waals surface area (Å²) < 4.78 is 90.4. The maximum Gasteiger partial charge on any atom is 0.425 e. The molecule has 0 fully saturated rings. The van der Waals surface area contributed by atoms with E-state index in [1.807, 2.05) is 0 Å². The number of nitrogens with zero attached hydrogens (tertiary/aromatic N) is 4. The fourth-order valence-electron chi connectivity index (χ4n) is 0.828. The molecule has 0 aliphatic carbocycles. The van der Waals surface area contributed by atoms with Gasteiger partial charge in [0.25, 0.3) is 0 Å². The lowest BCUT2D eigenvalue weighted by atomic mass is 11.8. The third-order valence-electron chi connectivity index (χ3n) is 1.57. The highest BCUT2D eigenvalue weighted by Crippen LogP contribution is 2.81. The summed E-state index contributed by atoms with van der Waals surface area (Å²) in [6, 6.07) is 0. The first-order valence-corrected chi connectivity index (χ1v) is 10.2. The first-order chi connectivity index (χ1) is 8.51. The highest BCUT2D eigenvalue weighted by Gasteiger charge is 2.39. The Balaban J connectivity index is 3.75. The van der Waals surface area contributed by atoms with Crippen LogP contribution in [0.25, 0.3) is 0 Å². The topological polar surface area (TPSA) is 77.1 Å². The molecule has 0 radical (unpaired) electrons. The van der Waals surface area contributed by atoms with Crippen LogP contribution >= 0.6 is 31.1 Å². The predicted molar refractivity (Wildman–Crippen MR) is 64.0 cm³/mol. The van der Waals surface area contributed by atoms with Gasteiger partial charge in [-0.15, -0.1) is 26.5 Å². The first-order valence-electron chi connectivity index (χ1n) is 4.22. The Morgan fingerprint density at radius 2 is 0.895 bits per heavy atom. The third kappa shape index (κ3) is 4.46. The summed E-state index contributed by atoms with van der Waals surface area (Å²) in [6.07, 6.45) is 0. The summed E-state index contributed by atoms with van der Waals surface area (Å²) in [7, 11) is -18.7. The number of hydrogen-bond donors (Lipinski definition) is 0. The molecule has 0 spiro atoms. The summed E-state index contributed by atoms with van der Waals surface area (Å²) in [5.41, 5.74) is 0. The molecule has 1 aliphatic heterocycles. The van der Waals surface area contributed by atoms with Gasteiger partial charge >= 0.3 is 31.1 Å². The zero-order chi connectivity index (χ0) is 14.9. The van der Waals surface area contributed by atoms with E-state index in [-0.39, 0.29) is 0 Å². The van der Waals surface area contributed by atoms with Gasteiger partial charge in [0.2, 0.25) is 0 Å². The molecule has 1 heterocycles. The monoisotopic (exact) mass is 368 g/mol. The van der Waals surface area contributed by atoms with Crippen molar-refractivity contribution in [3.63, 3.8) is 0 Å². The molecule has 16 heteroatoms. The average molecular weight is 368 g/mol. The molecule has 1 aliphatic rings. The van der Waals surface area contributed by atoms with Gasteiger partial charge in [0.05, 0.1) is 0 Å². The summed E-state index contributed by atoms with van der Waals surface area (Å²) in [4.78, 5) is 0. The van der Waals surface area contributed by atoms with Crippen molar-refractivity contribution in [2.45, 2.75) is 0 Å². The second-order valence-electron chi connectivity index (χ2n) is 2.78. The van der Waals surface area contributed by atoms with E-state index in [4.69, 9.17) is 0 Å². The van der Waals surface area contributed by atoms with Crippen LogP contribution in [-0.4, -0.2) is 21.3 Å². The number of rotatable bonds is 3. The van der Waals surface area contributed by atoms with Crippen molar-refractivity contribution in [3.8, 4) is 0 Å². The Bertz CT molecular complexity index is 580. The molecule has 7 nitrogen and oxygen atoms in total. The molecule has 0 saturated heterocycles. The largest absolute Gasteiger partial charge is 0.425 e. The van der Waals surface area contributed by atoms with Crippen LogP contribution in [0.15, 0.2) is 18.1 Å². The second kappa shape index (κ2) is 5.68. The SMILES string of the molecule is COP1(F)=NP(F)(F)=NP(F)(OC)=NP(F)(OC)=N1. The van der Waals surface area contributed by atoms with E-state index >= 15 is 0 Å². The van der Waals surface area contributed by atoms with E-state index in [0.29, 0.717) is 14.2 Å². The fourth-order valence-corrected chi connectivity index (χ4v) is 8.74. The minimum atomic E-state index is -5.79. The zero-order valence-corrected chi connectivity index (χ0v) is 13.3.